The summed E-state index contributed by atoms with van der Waals surface area (Å²) in [6, 6.07) is 2.47. The Hall–Kier alpha value is -1.86. The zero-order chi connectivity index (χ0) is 17.1. The summed E-state index contributed by atoms with van der Waals surface area (Å²) < 4.78 is 44.3. The average molecular weight is 366 g/mol. The van der Waals surface area contributed by atoms with Crippen LogP contribution in [0.1, 0.15) is 0 Å². The molecule has 0 spiro atoms. The first-order valence-electron chi connectivity index (χ1n) is 6.36. The highest BCUT2D eigenvalue weighted by Crippen LogP contribution is 2.39. The molecule has 124 valence electrons. The summed E-state index contributed by atoms with van der Waals surface area (Å²) in [6.45, 7) is 0.886. The number of benzene rings is 1. The number of halogens is 5. The maximum atomic E-state index is 14.2. The molecule has 0 aliphatic heterocycles. The van der Waals surface area contributed by atoms with E-state index in [1.807, 2.05) is 0 Å². The highest BCUT2D eigenvalue weighted by molar-refractivity contribution is 6.35. The molecule has 0 unspecified atom stereocenters. The van der Waals surface area contributed by atoms with Crippen molar-refractivity contribution in [2.24, 2.45) is 7.05 Å². The van der Waals surface area contributed by atoms with Crippen LogP contribution in [0.5, 0.6) is 5.88 Å². The van der Waals surface area contributed by atoms with E-state index in [1.165, 1.54) is 13.1 Å². The molecule has 0 aliphatic carbocycles. The molecule has 0 atom stereocenters. The summed E-state index contributed by atoms with van der Waals surface area (Å²) in [6.07, 6.45) is 1.60. The largest absolute Gasteiger partial charge is 0.416 e. The molecule has 9 heteroatoms. The van der Waals surface area contributed by atoms with Crippen molar-refractivity contribution in [1.29, 1.82) is 0 Å². The lowest BCUT2D eigenvalue weighted by Crippen LogP contribution is -2.06. The fourth-order valence-electron chi connectivity index (χ4n) is 1.92. The summed E-state index contributed by atoms with van der Waals surface area (Å²) in [5.74, 6) is -1.05. The molecule has 1 heterocycles. The van der Waals surface area contributed by atoms with Crippen LogP contribution in [0.4, 0.5) is 18.9 Å². The Morgan fingerprint density at radius 1 is 1.43 bits per heavy atom. The van der Waals surface area contributed by atoms with Crippen molar-refractivity contribution in [3.05, 3.63) is 40.7 Å². The first kappa shape index (κ1) is 17.5. The van der Waals surface area contributed by atoms with Crippen LogP contribution in [0.25, 0.3) is 11.3 Å². The van der Waals surface area contributed by atoms with Crippen LogP contribution >= 0.6 is 23.2 Å². The lowest BCUT2D eigenvalue weighted by atomic mass is 10.1. The predicted octanol–water partition coefficient (Wildman–Crippen LogP) is 4.73. The van der Waals surface area contributed by atoms with Gasteiger partial charge in [-0.05, 0) is 12.1 Å². The summed E-state index contributed by atoms with van der Waals surface area (Å²) in [7, 11) is 1.36. The molecule has 2 rings (SSSR count). The molecule has 2 aromatic rings. The van der Waals surface area contributed by atoms with Gasteiger partial charge < -0.3 is 10.1 Å². The van der Waals surface area contributed by atoms with E-state index in [0.29, 0.717) is 12.2 Å². The summed E-state index contributed by atoms with van der Waals surface area (Å²) in [5.41, 5.74) is 0.410. The van der Waals surface area contributed by atoms with E-state index in [1.54, 1.807) is 6.08 Å². The lowest BCUT2D eigenvalue weighted by molar-refractivity contribution is -0.0552. The Morgan fingerprint density at radius 2 is 2.13 bits per heavy atom. The molecule has 1 aromatic carbocycles. The molecule has 0 saturated heterocycles. The molecule has 0 fully saturated rings. The average Bonchev–Trinajstić information content (AvgIpc) is 2.74. The summed E-state index contributed by atoms with van der Waals surface area (Å²) in [4.78, 5) is 0. The van der Waals surface area contributed by atoms with Gasteiger partial charge in [0.25, 0.3) is 0 Å². The molecule has 1 aromatic heterocycles. The number of nitrogens with one attached hydrogen (secondary N) is 1. The van der Waals surface area contributed by atoms with Crippen molar-refractivity contribution in [3.63, 3.8) is 0 Å². The number of aromatic nitrogens is 2. The number of aryl methyl sites for hydroxylation is 1. The van der Waals surface area contributed by atoms with E-state index in [4.69, 9.17) is 23.2 Å². The van der Waals surface area contributed by atoms with Crippen molar-refractivity contribution in [2.45, 2.75) is 6.61 Å². The van der Waals surface area contributed by atoms with E-state index in [2.05, 4.69) is 21.7 Å². The zero-order valence-corrected chi connectivity index (χ0v) is 13.4. The third-order valence-electron chi connectivity index (χ3n) is 2.89. The van der Waals surface area contributed by atoms with Crippen LogP contribution in [-0.4, -0.2) is 22.9 Å². The second-order valence-electron chi connectivity index (χ2n) is 4.45. The Bertz CT molecular complexity index is 735. The van der Waals surface area contributed by atoms with E-state index in [0.717, 1.165) is 10.7 Å². The Kier molecular flexibility index (Phi) is 5.43. The molecule has 0 bridgehead atoms. The van der Waals surface area contributed by atoms with Crippen LogP contribution in [-0.2, 0) is 7.05 Å². The number of ether oxygens (including phenoxy) is 1. The summed E-state index contributed by atoms with van der Waals surface area (Å²) >= 11 is 11.9. The van der Waals surface area contributed by atoms with Crippen LogP contribution in [0, 0.1) is 5.82 Å². The molecule has 0 aliphatic rings. The van der Waals surface area contributed by atoms with Crippen LogP contribution in [0.15, 0.2) is 24.8 Å². The van der Waals surface area contributed by atoms with Crippen molar-refractivity contribution >= 4 is 28.9 Å². The maximum Gasteiger partial charge on any atom is 0.388 e. The molecule has 0 radical (unpaired) electrons. The highest BCUT2D eigenvalue weighted by atomic mass is 35.5. The lowest BCUT2D eigenvalue weighted by Gasteiger charge is -2.09. The van der Waals surface area contributed by atoms with E-state index in [9.17, 15) is 13.2 Å². The topological polar surface area (TPSA) is 39.1 Å². The van der Waals surface area contributed by atoms with Gasteiger partial charge in [-0.15, -0.1) is 6.58 Å². The van der Waals surface area contributed by atoms with Crippen LogP contribution in [0.2, 0.25) is 10.0 Å². The first-order valence-corrected chi connectivity index (χ1v) is 7.12. The molecule has 1 N–H and O–H groups in total. The van der Waals surface area contributed by atoms with E-state index >= 15 is 0 Å². The Balaban J connectivity index is 2.51. The fraction of sp³-hybridized carbons (Fsp3) is 0.214. The standard InChI is InChI=1S/C14H12Cl2F3N3O/c1-3-4-20-10-5-7(9(17)6-8(10)15)12-11(16)13(22(2)21-12)23-14(18)19/h3,5-6,14,20H,1,4H2,2H3. The van der Waals surface area contributed by atoms with Crippen molar-refractivity contribution in [3.8, 4) is 17.1 Å². The molecular formula is C14H12Cl2F3N3O. The van der Waals surface area contributed by atoms with Gasteiger partial charge in [0, 0.05) is 19.2 Å². The minimum atomic E-state index is -3.07. The SMILES string of the molecule is C=CCNc1cc(-c2nn(C)c(OC(F)F)c2Cl)c(F)cc1Cl. The fourth-order valence-corrected chi connectivity index (χ4v) is 2.44. The molecule has 4 nitrogen and oxygen atoms in total. The van der Waals surface area contributed by atoms with Crippen molar-refractivity contribution in [1.82, 2.24) is 9.78 Å². The van der Waals surface area contributed by atoms with Crippen LogP contribution in [0.3, 0.4) is 0 Å². The van der Waals surface area contributed by atoms with Gasteiger partial charge in [0.1, 0.15) is 16.5 Å². The first-order chi connectivity index (χ1) is 10.8. The Labute approximate surface area is 140 Å². The van der Waals surface area contributed by atoms with Gasteiger partial charge in [-0.25, -0.2) is 9.07 Å². The van der Waals surface area contributed by atoms with Crippen molar-refractivity contribution in [2.75, 3.05) is 11.9 Å². The monoisotopic (exact) mass is 365 g/mol. The molecule has 0 amide bonds. The third-order valence-corrected chi connectivity index (χ3v) is 3.54. The van der Waals surface area contributed by atoms with Gasteiger partial charge in [-0.1, -0.05) is 29.3 Å². The summed E-state index contributed by atoms with van der Waals surface area (Å²) in [5, 5.41) is 6.81. The van der Waals surface area contributed by atoms with Crippen LogP contribution < -0.4 is 10.1 Å². The van der Waals surface area contributed by atoms with Gasteiger partial charge in [0.05, 0.1) is 10.7 Å². The predicted molar refractivity (Wildman–Crippen MR) is 83.9 cm³/mol. The number of hydrogen-bond acceptors (Lipinski definition) is 3. The number of alkyl halides is 2. The normalized spacial score (nSPS) is 10.9. The van der Waals surface area contributed by atoms with Gasteiger partial charge >= 0.3 is 6.61 Å². The van der Waals surface area contributed by atoms with Gasteiger partial charge in [-0.3, -0.25) is 0 Å². The van der Waals surface area contributed by atoms with Gasteiger partial charge in [-0.2, -0.15) is 13.9 Å². The van der Waals surface area contributed by atoms with E-state index in [-0.39, 0.29) is 27.2 Å². The minimum absolute atomic E-state index is 0.00526. The van der Waals surface area contributed by atoms with E-state index < -0.39 is 12.4 Å². The number of nitrogens with zero attached hydrogens (tertiary/aromatic N) is 2. The number of rotatable bonds is 6. The van der Waals surface area contributed by atoms with Crippen molar-refractivity contribution < 1.29 is 17.9 Å². The second kappa shape index (κ2) is 7.14. The Morgan fingerprint density at radius 3 is 2.74 bits per heavy atom. The highest BCUT2D eigenvalue weighted by Gasteiger charge is 2.23. The van der Waals surface area contributed by atoms with Gasteiger partial charge in [0.15, 0.2) is 0 Å². The zero-order valence-electron chi connectivity index (χ0n) is 11.9. The third kappa shape index (κ3) is 3.73. The van der Waals surface area contributed by atoms with Gasteiger partial charge in [0.2, 0.25) is 5.88 Å². The minimum Gasteiger partial charge on any atom is -0.416 e. The number of anilines is 1. The number of hydrogen-bond donors (Lipinski definition) is 1. The molecule has 0 saturated carbocycles. The smallest absolute Gasteiger partial charge is 0.388 e. The maximum absolute atomic E-state index is 14.2. The second-order valence-corrected chi connectivity index (χ2v) is 5.24. The molecular weight excluding hydrogens is 354 g/mol. The quantitative estimate of drug-likeness (QED) is 0.752. The molecule has 23 heavy (non-hydrogen) atoms.